The monoisotopic (exact) mass is 438 g/mol. The van der Waals surface area contributed by atoms with E-state index in [-0.39, 0.29) is 29.4 Å². The number of imide groups is 1. The Kier molecular flexibility index (Phi) is 5.39. The second kappa shape index (κ2) is 8.33. The van der Waals surface area contributed by atoms with Gasteiger partial charge in [0.05, 0.1) is 31.1 Å². The second-order valence-electron chi connectivity index (χ2n) is 7.75. The number of ether oxygens (including phenoxy) is 1. The van der Waals surface area contributed by atoms with Crippen molar-refractivity contribution in [3.63, 3.8) is 0 Å². The summed E-state index contributed by atoms with van der Waals surface area (Å²) >= 11 is 1.02. The molecule has 0 aliphatic carbocycles. The van der Waals surface area contributed by atoms with Crippen LogP contribution >= 0.6 is 11.8 Å². The molecule has 0 saturated carbocycles. The van der Waals surface area contributed by atoms with Gasteiger partial charge in [0.1, 0.15) is 0 Å². The highest BCUT2D eigenvalue weighted by Crippen LogP contribution is 2.34. The Balaban J connectivity index is 1.36. The Morgan fingerprint density at radius 1 is 1.06 bits per heavy atom. The Hall–Kier alpha value is -2.88. The summed E-state index contributed by atoms with van der Waals surface area (Å²) < 4.78 is 5.39. The molecule has 3 aliphatic rings. The molecule has 0 atom stereocenters. The van der Waals surface area contributed by atoms with Crippen molar-refractivity contribution in [1.29, 1.82) is 0 Å². The summed E-state index contributed by atoms with van der Waals surface area (Å²) in [6.45, 7) is 4.36. The maximum Gasteiger partial charge on any atom is 0.289 e. The number of anilines is 1. The molecule has 31 heavy (non-hydrogen) atoms. The first kappa shape index (κ1) is 20.0. The summed E-state index contributed by atoms with van der Waals surface area (Å²) in [5.74, 6) is -0.158. The number of amides is 3. The number of carbonyl (C=O) groups is 3. The van der Waals surface area contributed by atoms with Crippen LogP contribution in [0.15, 0.2) is 30.3 Å². The molecule has 2 aromatic rings. The lowest BCUT2D eigenvalue weighted by Crippen LogP contribution is -2.35. The highest BCUT2D eigenvalue weighted by Gasteiger charge is 2.31. The van der Waals surface area contributed by atoms with Crippen LogP contribution in [0, 0.1) is 0 Å². The molecule has 2 saturated heterocycles. The van der Waals surface area contributed by atoms with Gasteiger partial charge in [-0.25, -0.2) is 0 Å². The Labute approximate surface area is 183 Å². The number of rotatable bonds is 5. The molecule has 0 spiro atoms. The number of aromatic nitrogens is 1. The number of thioether (sulfide) groups is 1. The van der Waals surface area contributed by atoms with Gasteiger partial charge < -0.3 is 15.0 Å². The van der Waals surface area contributed by atoms with Crippen LogP contribution < -0.4 is 5.32 Å². The lowest BCUT2D eigenvalue weighted by atomic mass is 10.0. The summed E-state index contributed by atoms with van der Waals surface area (Å²) in [5.41, 5.74) is 4.82. The normalized spacial score (nSPS) is 20.6. The zero-order valence-electron chi connectivity index (χ0n) is 16.8. The molecule has 160 valence electrons. The van der Waals surface area contributed by atoms with Crippen LogP contribution in [0.2, 0.25) is 0 Å². The van der Waals surface area contributed by atoms with E-state index in [1.54, 1.807) is 0 Å². The van der Waals surface area contributed by atoms with Crippen molar-refractivity contribution in [2.45, 2.75) is 13.1 Å². The van der Waals surface area contributed by atoms with E-state index in [4.69, 9.17) is 4.74 Å². The summed E-state index contributed by atoms with van der Waals surface area (Å²) in [7, 11) is 0. The molecule has 9 heteroatoms. The number of carbonyl (C=O) groups excluding carboxylic acids is 3. The van der Waals surface area contributed by atoms with Gasteiger partial charge in [0.15, 0.2) is 0 Å². The zero-order valence-corrected chi connectivity index (χ0v) is 17.7. The van der Waals surface area contributed by atoms with Gasteiger partial charge in [0.2, 0.25) is 5.91 Å². The molecule has 3 aliphatic heterocycles. The van der Waals surface area contributed by atoms with Crippen molar-refractivity contribution >= 4 is 46.2 Å². The predicted octanol–water partition coefficient (Wildman–Crippen LogP) is 2.54. The fraction of sp³-hybridized carbons (Fsp3) is 0.318. The molecule has 2 N–H and O–H groups in total. The standard InChI is InChI=1S/C22H22N4O4S/c27-20-13-31-22(29)26(20)11-14-1-4-19-17(9-14)18(21(28)24-19)10-15-2-3-16(23-15)12-25-5-7-30-8-6-25/h1-4,9-10,23H,5-8,11-13H2,(H,24,28)/b18-10+. The van der Waals surface area contributed by atoms with E-state index >= 15 is 0 Å². The van der Waals surface area contributed by atoms with Crippen molar-refractivity contribution in [1.82, 2.24) is 14.8 Å². The smallest absolute Gasteiger partial charge is 0.289 e. The van der Waals surface area contributed by atoms with Gasteiger partial charge in [-0.1, -0.05) is 17.8 Å². The maximum atomic E-state index is 12.6. The number of benzene rings is 1. The molecule has 1 aromatic heterocycles. The van der Waals surface area contributed by atoms with Crippen LogP contribution in [-0.2, 0) is 27.4 Å². The minimum Gasteiger partial charge on any atom is -0.379 e. The molecular formula is C22H22N4O4S. The number of nitrogens with zero attached hydrogens (tertiary/aromatic N) is 2. The lowest BCUT2D eigenvalue weighted by molar-refractivity contribution is -0.125. The molecule has 3 amide bonds. The van der Waals surface area contributed by atoms with Crippen LogP contribution in [0.3, 0.4) is 0 Å². The maximum absolute atomic E-state index is 12.6. The van der Waals surface area contributed by atoms with E-state index in [1.165, 1.54) is 4.90 Å². The van der Waals surface area contributed by atoms with Gasteiger partial charge in [-0.05, 0) is 35.9 Å². The van der Waals surface area contributed by atoms with Gasteiger partial charge in [-0.3, -0.25) is 24.2 Å². The average molecular weight is 439 g/mol. The van der Waals surface area contributed by atoms with Gasteiger partial charge in [-0.15, -0.1) is 0 Å². The van der Waals surface area contributed by atoms with Crippen LogP contribution in [0.5, 0.6) is 0 Å². The molecule has 0 unspecified atom stereocenters. The minimum atomic E-state index is -0.227. The number of morpholine rings is 1. The highest BCUT2D eigenvalue weighted by molar-refractivity contribution is 8.14. The van der Waals surface area contributed by atoms with Gasteiger partial charge in [0.25, 0.3) is 11.1 Å². The summed E-state index contributed by atoms with van der Waals surface area (Å²) in [4.78, 5) is 43.4. The molecule has 2 fully saturated rings. The molecule has 0 bridgehead atoms. The Morgan fingerprint density at radius 2 is 1.90 bits per heavy atom. The molecular weight excluding hydrogens is 416 g/mol. The van der Waals surface area contributed by atoms with Crippen molar-refractivity contribution in [2.24, 2.45) is 0 Å². The van der Waals surface area contributed by atoms with Crippen molar-refractivity contribution in [3.8, 4) is 0 Å². The number of hydrogen-bond donors (Lipinski definition) is 2. The molecule has 5 rings (SSSR count). The van der Waals surface area contributed by atoms with Gasteiger partial charge >= 0.3 is 0 Å². The van der Waals surface area contributed by atoms with Gasteiger partial charge in [0, 0.05) is 42.3 Å². The first-order chi connectivity index (χ1) is 15.1. The minimum absolute atomic E-state index is 0.166. The zero-order chi connectivity index (χ0) is 21.4. The average Bonchev–Trinajstić information content (AvgIpc) is 3.43. The fourth-order valence-corrected chi connectivity index (χ4v) is 4.71. The summed E-state index contributed by atoms with van der Waals surface area (Å²) in [6.07, 6.45) is 1.84. The van der Waals surface area contributed by atoms with Crippen LogP contribution in [0.1, 0.15) is 22.5 Å². The van der Waals surface area contributed by atoms with E-state index in [9.17, 15) is 14.4 Å². The van der Waals surface area contributed by atoms with Crippen molar-refractivity contribution in [2.75, 3.05) is 37.4 Å². The quantitative estimate of drug-likeness (QED) is 0.697. The Bertz CT molecular complexity index is 1070. The first-order valence-electron chi connectivity index (χ1n) is 10.2. The topological polar surface area (TPSA) is 94.7 Å². The van der Waals surface area contributed by atoms with Crippen molar-refractivity contribution < 1.29 is 19.1 Å². The van der Waals surface area contributed by atoms with E-state index in [1.807, 2.05) is 36.4 Å². The van der Waals surface area contributed by atoms with E-state index in [0.29, 0.717) is 5.57 Å². The SMILES string of the molecule is O=C1Nc2ccc(CN3C(=O)CSC3=O)cc2/C1=C\c1ccc(CN2CCOCC2)[nH]1. The summed E-state index contributed by atoms with van der Waals surface area (Å²) in [6, 6.07) is 9.53. The van der Waals surface area contributed by atoms with Crippen LogP contribution in [-0.4, -0.2) is 63.9 Å². The van der Waals surface area contributed by atoms with Crippen LogP contribution in [0.4, 0.5) is 10.5 Å². The number of H-pyrrole nitrogens is 1. The number of aromatic amines is 1. The third-order valence-corrected chi connectivity index (χ3v) is 6.47. The molecule has 4 heterocycles. The summed E-state index contributed by atoms with van der Waals surface area (Å²) in [5, 5.41) is 2.66. The molecule has 1 aromatic carbocycles. The number of nitrogens with one attached hydrogen (secondary N) is 2. The third kappa shape index (κ3) is 4.16. The highest BCUT2D eigenvalue weighted by atomic mass is 32.2. The third-order valence-electron chi connectivity index (χ3n) is 5.61. The van der Waals surface area contributed by atoms with E-state index < -0.39 is 0 Å². The first-order valence-corrected chi connectivity index (χ1v) is 11.2. The fourth-order valence-electron chi connectivity index (χ4n) is 3.98. The largest absolute Gasteiger partial charge is 0.379 e. The van der Waals surface area contributed by atoms with E-state index in [0.717, 1.165) is 72.8 Å². The number of hydrogen-bond acceptors (Lipinski definition) is 6. The van der Waals surface area contributed by atoms with Gasteiger partial charge in [-0.2, -0.15) is 0 Å². The molecule has 0 radical (unpaired) electrons. The predicted molar refractivity (Wildman–Crippen MR) is 118 cm³/mol. The second-order valence-corrected chi connectivity index (χ2v) is 8.68. The van der Waals surface area contributed by atoms with Crippen molar-refractivity contribution in [3.05, 3.63) is 52.8 Å². The Morgan fingerprint density at radius 3 is 2.68 bits per heavy atom. The lowest BCUT2D eigenvalue weighted by Gasteiger charge is -2.25. The van der Waals surface area contributed by atoms with Crippen LogP contribution in [0.25, 0.3) is 11.6 Å². The molecule has 8 nitrogen and oxygen atoms in total. The number of fused-ring (bicyclic) bond motifs is 1. The van der Waals surface area contributed by atoms with E-state index in [2.05, 4.69) is 15.2 Å².